The molecule has 3 aromatic rings. The van der Waals surface area contributed by atoms with Crippen molar-refractivity contribution in [2.45, 2.75) is 40.0 Å². The van der Waals surface area contributed by atoms with Gasteiger partial charge in [-0.2, -0.15) is 5.10 Å². The fourth-order valence-electron chi connectivity index (χ4n) is 3.12. The van der Waals surface area contributed by atoms with E-state index in [1.165, 1.54) is 5.56 Å². The predicted molar refractivity (Wildman–Crippen MR) is 108 cm³/mol. The van der Waals surface area contributed by atoms with Crippen molar-refractivity contribution < 1.29 is 9.53 Å². The Morgan fingerprint density at radius 3 is 2.37 bits per heavy atom. The standard InChI is InChI=1S/C23H26N2O2/c1-5-16(3)21-12-11-20(15-22(21)25-14-13-17(4)24-25)18-7-9-19(10-8-18)23(26)27-6-2/h7-16H,5-6H2,1-4H3. The summed E-state index contributed by atoms with van der Waals surface area (Å²) in [5.41, 5.74) is 6.11. The summed E-state index contributed by atoms with van der Waals surface area (Å²) in [7, 11) is 0. The van der Waals surface area contributed by atoms with Crippen LogP contribution in [-0.2, 0) is 4.74 Å². The molecule has 1 heterocycles. The molecule has 0 aliphatic carbocycles. The van der Waals surface area contributed by atoms with E-state index in [1.54, 1.807) is 0 Å². The lowest BCUT2D eigenvalue weighted by atomic mass is 9.93. The van der Waals surface area contributed by atoms with E-state index in [0.717, 1.165) is 28.9 Å². The maximum absolute atomic E-state index is 11.9. The highest BCUT2D eigenvalue weighted by Crippen LogP contribution is 2.30. The van der Waals surface area contributed by atoms with Gasteiger partial charge in [-0.3, -0.25) is 0 Å². The van der Waals surface area contributed by atoms with E-state index in [1.807, 2.05) is 55.1 Å². The zero-order valence-corrected chi connectivity index (χ0v) is 16.4. The van der Waals surface area contributed by atoms with Gasteiger partial charge in [-0.15, -0.1) is 0 Å². The van der Waals surface area contributed by atoms with Crippen LogP contribution in [0.5, 0.6) is 0 Å². The molecule has 4 heteroatoms. The smallest absolute Gasteiger partial charge is 0.338 e. The summed E-state index contributed by atoms with van der Waals surface area (Å²) < 4.78 is 7.01. The third kappa shape index (κ3) is 4.11. The first-order valence-corrected chi connectivity index (χ1v) is 9.47. The number of nitrogens with zero attached hydrogens (tertiary/aromatic N) is 2. The Morgan fingerprint density at radius 2 is 1.78 bits per heavy atom. The summed E-state index contributed by atoms with van der Waals surface area (Å²) in [6.45, 7) is 8.62. The third-order valence-electron chi connectivity index (χ3n) is 4.87. The van der Waals surface area contributed by atoms with Crippen molar-refractivity contribution in [1.82, 2.24) is 9.78 Å². The first-order valence-electron chi connectivity index (χ1n) is 9.47. The molecule has 0 aliphatic rings. The van der Waals surface area contributed by atoms with Crippen LogP contribution in [0.15, 0.2) is 54.7 Å². The van der Waals surface area contributed by atoms with E-state index in [4.69, 9.17) is 4.74 Å². The minimum absolute atomic E-state index is 0.288. The fourth-order valence-corrected chi connectivity index (χ4v) is 3.12. The molecule has 2 aromatic carbocycles. The second-order valence-electron chi connectivity index (χ2n) is 6.78. The molecular weight excluding hydrogens is 336 g/mol. The zero-order valence-electron chi connectivity index (χ0n) is 16.4. The normalized spacial score (nSPS) is 12.0. The van der Waals surface area contributed by atoms with Crippen molar-refractivity contribution in [3.05, 3.63) is 71.5 Å². The quantitative estimate of drug-likeness (QED) is 0.541. The molecule has 140 valence electrons. The summed E-state index contributed by atoms with van der Waals surface area (Å²) in [6, 6.07) is 16.1. The maximum atomic E-state index is 11.9. The molecule has 0 amide bonds. The Hall–Kier alpha value is -2.88. The van der Waals surface area contributed by atoms with Gasteiger partial charge in [-0.25, -0.2) is 9.48 Å². The number of ether oxygens (including phenoxy) is 1. The van der Waals surface area contributed by atoms with Crippen LogP contribution in [-0.4, -0.2) is 22.4 Å². The number of benzene rings is 2. The van der Waals surface area contributed by atoms with Crippen LogP contribution in [0.1, 0.15) is 54.7 Å². The Bertz CT molecular complexity index is 926. The second-order valence-corrected chi connectivity index (χ2v) is 6.78. The lowest BCUT2D eigenvalue weighted by Gasteiger charge is -2.17. The van der Waals surface area contributed by atoms with Gasteiger partial charge in [0.2, 0.25) is 0 Å². The van der Waals surface area contributed by atoms with Crippen LogP contribution >= 0.6 is 0 Å². The summed E-state index contributed by atoms with van der Waals surface area (Å²) in [4.78, 5) is 11.9. The summed E-state index contributed by atoms with van der Waals surface area (Å²) in [5, 5.41) is 4.61. The average molecular weight is 362 g/mol. The number of carbonyl (C=O) groups excluding carboxylic acids is 1. The minimum Gasteiger partial charge on any atom is -0.462 e. The van der Waals surface area contributed by atoms with Gasteiger partial charge < -0.3 is 4.74 Å². The van der Waals surface area contributed by atoms with Gasteiger partial charge in [0.15, 0.2) is 0 Å². The maximum Gasteiger partial charge on any atom is 0.338 e. The third-order valence-corrected chi connectivity index (χ3v) is 4.87. The lowest BCUT2D eigenvalue weighted by molar-refractivity contribution is 0.0526. The molecule has 0 saturated carbocycles. The number of aromatic nitrogens is 2. The van der Waals surface area contributed by atoms with E-state index >= 15 is 0 Å². The van der Waals surface area contributed by atoms with Crippen LogP contribution in [0, 0.1) is 6.92 Å². The molecule has 1 aromatic heterocycles. The van der Waals surface area contributed by atoms with E-state index in [0.29, 0.717) is 18.1 Å². The molecule has 3 rings (SSSR count). The second kappa shape index (κ2) is 8.21. The van der Waals surface area contributed by atoms with Gasteiger partial charge >= 0.3 is 5.97 Å². The van der Waals surface area contributed by atoms with Gasteiger partial charge in [0.05, 0.1) is 23.6 Å². The SMILES string of the molecule is CCOC(=O)c1ccc(-c2ccc(C(C)CC)c(-n3ccc(C)n3)c2)cc1. The largest absolute Gasteiger partial charge is 0.462 e. The average Bonchev–Trinajstić information content (AvgIpc) is 3.13. The number of hydrogen-bond donors (Lipinski definition) is 0. The lowest BCUT2D eigenvalue weighted by Crippen LogP contribution is -2.05. The molecule has 0 N–H and O–H groups in total. The van der Waals surface area contributed by atoms with Crippen molar-refractivity contribution >= 4 is 5.97 Å². The highest BCUT2D eigenvalue weighted by Gasteiger charge is 2.14. The summed E-state index contributed by atoms with van der Waals surface area (Å²) in [6.07, 6.45) is 3.07. The van der Waals surface area contributed by atoms with Crippen LogP contribution in [0.25, 0.3) is 16.8 Å². The monoisotopic (exact) mass is 362 g/mol. The van der Waals surface area contributed by atoms with Crippen molar-refractivity contribution in [2.75, 3.05) is 6.61 Å². The predicted octanol–water partition coefficient (Wildman–Crippen LogP) is 5.54. The van der Waals surface area contributed by atoms with Gasteiger partial charge in [0.25, 0.3) is 0 Å². The van der Waals surface area contributed by atoms with Crippen molar-refractivity contribution in [3.63, 3.8) is 0 Å². The fraction of sp³-hybridized carbons (Fsp3) is 0.304. The van der Waals surface area contributed by atoms with Crippen molar-refractivity contribution in [1.29, 1.82) is 0 Å². The Kier molecular flexibility index (Phi) is 5.75. The molecule has 1 atom stereocenters. The molecular formula is C23H26N2O2. The number of carbonyl (C=O) groups is 1. The van der Waals surface area contributed by atoms with E-state index in [9.17, 15) is 4.79 Å². The minimum atomic E-state index is -0.288. The molecule has 27 heavy (non-hydrogen) atoms. The highest BCUT2D eigenvalue weighted by molar-refractivity contribution is 5.90. The van der Waals surface area contributed by atoms with Crippen molar-refractivity contribution in [2.24, 2.45) is 0 Å². The first kappa shape index (κ1) is 18.9. The molecule has 0 fully saturated rings. The van der Waals surface area contributed by atoms with Gasteiger partial charge in [0.1, 0.15) is 0 Å². The van der Waals surface area contributed by atoms with Crippen molar-refractivity contribution in [3.8, 4) is 16.8 Å². The van der Waals surface area contributed by atoms with Crippen LogP contribution in [0.3, 0.4) is 0 Å². The molecule has 0 bridgehead atoms. The first-order chi connectivity index (χ1) is 13.0. The number of aryl methyl sites for hydroxylation is 1. The number of esters is 1. The van der Waals surface area contributed by atoms with Crippen LogP contribution < -0.4 is 0 Å². The molecule has 0 radical (unpaired) electrons. The van der Waals surface area contributed by atoms with Gasteiger partial charge in [-0.05, 0) is 67.1 Å². The van der Waals surface area contributed by atoms with Gasteiger partial charge in [0, 0.05) is 6.20 Å². The molecule has 0 spiro atoms. The summed E-state index contributed by atoms with van der Waals surface area (Å²) in [5.74, 6) is 0.161. The number of rotatable bonds is 6. The van der Waals surface area contributed by atoms with E-state index in [2.05, 4.69) is 37.1 Å². The Morgan fingerprint density at radius 1 is 1.07 bits per heavy atom. The zero-order chi connectivity index (χ0) is 19.4. The van der Waals surface area contributed by atoms with Crippen LogP contribution in [0.4, 0.5) is 0 Å². The van der Waals surface area contributed by atoms with E-state index in [-0.39, 0.29) is 5.97 Å². The highest BCUT2D eigenvalue weighted by atomic mass is 16.5. The summed E-state index contributed by atoms with van der Waals surface area (Å²) >= 11 is 0. The van der Waals surface area contributed by atoms with Crippen LogP contribution in [0.2, 0.25) is 0 Å². The molecule has 1 unspecified atom stereocenters. The molecule has 0 aliphatic heterocycles. The number of hydrogen-bond acceptors (Lipinski definition) is 3. The molecule has 0 saturated heterocycles. The topological polar surface area (TPSA) is 44.1 Å². The van der Waals surface area contributed by atoms with E-state index < -0.39 is 0 Å². The Labute approximate surface area is 160 Å². The molecule has 4 nitrogen and oxygen atoms in total. The Balaban J connectivity index is 2.00. The van der Waals surface area contributed by atoms with Gasteiger partial charge in [-0.1, -0.05) is 38.1 Å².